The minimum Gasteiger partial charge on any atom is -0.305 e. The van der Waals surface area contributed by atoms with Crippen LogP contribution in [0.3, 0.4) is 0 Å². The lowest BCUT2D eigenvalue weighted by Gasteiger charge is -2.27. The van der Waals surface area contributed by atoms with Crippen LogP contribution in [0.2, 0.25) is 0 Å². The number of halogens is 2. The molecule has 11 heavy (non-hydrogen) atoms. The van der Waals surface area contributed by atoms with Gasteiger partial charge in [0.2, 0.25) is 0 Å². The van der Waals surface area contributed by atoms with Crippen molar-refractivity contribution in [2.24, 2.45) is 5.41 Å². The first kappa shape index (κ1) is 12.4. The van der Waals surface area contributed by atoms with E-state index in [1.165, 1.54) is 21.9 Å². The van der Waals surface area contributed by atoms with Gasteiger partial charge >= 0.3 is 0 Å². The lowest BCUT2D eigenvalue weighted by atomic mass is 9.96. The van der Waals surface area contributed by atoms with Gasteiger partial charge in [-0.1, -0.05) is 59.0 Å². The molecule has 0 N–H and O–H groups in total. The quantitative estimate of drug-likeness (QED) is 0.523. The summed E-state index contributed by atoms with van der Waals surface area (Å²) in [5, 5.41) is 0. The van der Waals surface area contributed by atoms with E-state index in [4.69, 9.17) is 0 Å². The highest BCUT2D eigenvalue weighted by Crippen LogP contribution is 2.19. The van der Waals surface area contributed by atoms with Gasteiger partial charge < -0.3 is 4.90 Å². The van der Waals surface area contributed by atoms with Crippen molar-refractivity contribution >= 4 is 45.2 Å². The Labute approximate surface area is 97.6 Å². The molecule has 0 aromatic heterocycles. The zero-order valence-electron chi connectivity index (χ0n) is 7.53. The van der Waals surface area contributed by atoms with Gasteiger partial charge in [-0.2, -0.15) is 0 Å². The summed E-state index contributed by atoms with van der Waals surface area (Å²) in [5.74, 6) is 0. The largest absolute Gasteiger partial charge is 0.305 e. The van der Waals surface area contributed by atoms with Gasteiger partial charge in [-0.25, -0.2) is 0 Å². The molecule has 0 aliphatic heterocycles. The molecule has 0 fully saturated rings. The Morgan fingerprint density at radius 2 is 1.82 bits per heavy atom. The van der Waals surface area contributed by atoms with E-state index in [9.17, 15) is 0 Å². The van der Waals surface area contributed by atoms with Crippen LogP contribution in [0.25, 0.3) is 0 Å². The summed E-state index contributed by atoms with van der Waals surface area (Å²) in [7, 11) is 2.20. The van der Waals surface area contributed by atoms with Crippen LogP contribution in [0, 0.1) is 5.41 Å². The van der Waals surface area contributed by atoms with Crippen LogP contribution in [0.1, 0.15) is 13.8 Å². The first-order chi connectivity index (χ1) is 5.02. The van der Waals surface area contributed by atoms with E-state index in [0.29, 0.717) is 5.41 Å². The maximum absolute atomic E-state index is 2.46. The minimum atomic E-state index is 0.473. The van der Waals surface area contributed by atoms with Gasteiger partial charge in [0, 0.05) is 21.9 Å². The maximum atomic E-state index is 2.46. The zero-order valence-corrected chi connectivity index (χ0v) is 11.8. The van der Waals surface area contributed by atoms with Gasteiger partial charge in [0.15, 0.2) is 0 Å². The molecule has 0 aliphatic carbocycles. The highest BCUT2D eigenvalue weighted by molar-refractivity contribution is 14.1. The monoisotopic (exact) mass is 381 g/mol. The molecule has 0 bridgehead atoms. The molecule has 1 nitrogen and oxygen atoms in total. The molecule has 3 heteroatoms. The van der Waals surface area contributed by atoms with E-state index < -0.39 is 0 Å². The average molecular weight is 381 g/mol. The second-order valence-corrected chi connectivity index (χ2v) is 5.57. The molecular weight excluding hydrogens is 364 g/mol. The number of alkyl halides is 2. The number of hydrogen-bond donors (Lipinski definition) is 0. The van der Waals surface area contributed by atoms with Gasteiger partial charge in [0.05, 0.1) is 0 Å². The number of rotatable bonds is 5. The van der Waals surface area contributed by atoms with E-state index in [2.05, 4.69) is 71.0 Å². The molecule has 0 amide bonds. The van der Waals surface area contributed by atoms with E-state index in [1.54, 1.807) is 0 Å². The van der Waals surface area contributed by atoms with Crippen LogP contribution >= 0.6 is 45.2 Å². The van der Waals surface area contributed by atoms with Crippen molar-refractivity contribution in [2.75, 3.05) is 29.0 Å². The molecule has 68 valence electrons. The Kier molecular flexibility index (Phi) is 6.73. The van der Waals surface area contributed by atoms with Gasteiger partial charge in [-0.3, -0.25) is 0 Å². The van der Waals surface area contributed by atoms with E-state index >= 15 is 0 Å². The summed E-state index contributed by atoms with van der Waals surface area (Å²) in [6.07, 6.45) is 0. The molecule has 0 rings (SSSR count). The standard InChI is InChI=1S/C8H17I2N/c1-8(2,6-10)7-11(3)5-4-9/h4-7H2,1-3H3. The van der Waals surface area contributed by atoms with Crippen LogP contribution in [0.15, 0.2) is 0 Å². The summed E-state index contributed by atoms with van der Waals surface area (Å²) in [4.78, 5) is 2.41. The van der Waals surface area contributed by atoms with Gasteiger partial charge in [0.25, 0.3) is 0 Å². The molecular formula is C8H17I2N. The second kappa shape index (κ2) is 5.96. The van der Waals surface area contributed by atoms with Crippen molar-refractivity contribution in [3.8, 4) is 0 Å². The summed E-state index contributed by atoms with van der Waals surface area (Å²) in [6, 6.07) is 0. The average Bonchev–Trinajstić information content (AvgIpc) is 1.87. The molecule has 0 heterocycles. The molecule has 0 aromatic carbocycles. The predicted octanol–water partition coefficient (Wildman–Crippen LogP) is 2.81. The maximum Gasteiger partial charge on any atom is 0.0123 e. The molecule has 0 radical (unpaired) electrons. The minimum absolute atomic E-state index is 0.473. The van der Waals surface area contributed by atoms with Crippen LogP contribution in [-0.2, 0) is 0 Å². The molecule has 0 saturated carbocycles. The van der Waals surface area contributed by atoms with Gasteiger partial charge in [0.1, 0.15) is 0 Å². The molecule has 0 spiro atoms. The normalized spacial score (nSPS) is 12.5. The Balaban J connectivity index is 3.64. The van der Waals surface area contributed by atoms with E-state index in [-0.39, 0.29) is 0 Å². The Morgan fingerprint density at radius 3 is 2.18 bits per heavy atom. The van der Waals surface area contributed by atoms with Crippen molar-refractivity contribution in [3.05, 3.63) is 0 Å². The van der Waals surface area contributed by atoms with E-state index in [0.717, 1.165) is 0 Å². The first-order valence-corrected chi connectivity index (χ1v) is 6.87. The molecule has 0 atom stereocenters. The fourth-order valence-electron chi connectivity index (χ4n) is 0.996. The van der Waals surface area contributed by atoms with Crippen LogP contribution in [0.4, 0.5) is 0 Å². The molecule has 0 saturated heterocycles. The third-order valence-corrected chi connectivity index (χ3v) is 4.07. The van der Waals surface area contributed by atoms with E-state index in [1.807, 2.05) is 0 Å². The summed E-state index contributed by atoms with van der Waals surface area (Å²) in [6.45, 7) is 7.06. The second-order valence-electron chi connectivity index (χ2n) is 3.72. The zero-order chi connectivity index (χ0) is 8.91. The highest BCUT2D eigenvalue weighted by atomic mass is 127. The fraction of sp³-hybridized carbons (Fsp3) is 1.00. The lowest BCUT2D eigenvalue weighted by molar-refractivity contribution is 0.245. The molecule has 0 unspecified atom stereocenters. The van der Waals surface area contributed by atoms with Crippen LogP contribution in [-0.4, -0.2) is 33.9 Å². The summed E-state index contributed by atoms with van der Waals surface area (Å²) >= 11 is 4.89. The molecule has 0 aromatic rings. The van der Waals surface area contributed by atoms with Crippen molar-refractivity contribution in [1.82, 2.24) is 4.90 Å². The Morgan fingerprint density at radius 1 is 1.27 bits per heavy atom. The lowest BCUT2D eigenvalue weighted by Crippen LogP contribution is -2.33. The number of hydrogen-bond acceptors (Lipinski definition) is 1. The molecule has 0 aliphatic rings. The van der Waals surface area contributed by atoms with Gasteiger partial charge in [-0.15, -0.1) is 0 Å². The van der Waals surface area contributed by atoms with Crippen molar-refractivity contribution in [3.63, 3.8) is 0 Å². The Bertz CT molecular complexity index is 104. The summed E-state index contributed by atoms with van der Waals surface area (Å²) < 4.78 is 2.46. The SMILES string of the molecule is CN(CCI)CC(C)(C)CI. The van der Waals surface area contributed by atoms with Gasteiger partial charge in [-0.05, 0) is 12.5 Å². The third kappa shape index (κ3) is 6.57. The Hall–Kier alpha value is 1.42. The smallest absolute Gasteiger partial charge is 0.0123 e. The summed E-state index contributed by atoms with van der Waals surface area (Å²) in [5.41, 5.74) is 0.473. The first-order valence-electron chi connectivity index (χ1n) is 3.82. The highest BCUT2D eigenvalue weighted by Gasteiger charge is 2.17. The van der Waals surface area contributed by atoms with Crippen molar-refractivity contribution < 1.29 is 0 Å². The number of nitrogens with zero attached hydrogens (tertiary/aromatic N) is 1. The predicted molar refractivity (Wildman–Crippen MR) is 69.1 cm³/mol. The topological polar surface area (TPSA) is 3.24 Å². The fourth-order valence-corrected chi connectivity index (χ4v) is 2.06. The van der Waals surface area contributed by atoms with Crippen molar-refractivity contribution in [1.29, 1.82) is 0 Å². The van der Waals surface area contributed by atoms with Crippen LogP contribution in [0.5, 0.6) is 0 Å². The van der Waals surface area contributed by atoms with Crippen molar-refractivity contribution in [2.45, 2.75) is 13.8 Å². The third-order valence-electron chi connectivity index (χ3n) is 1.53. The van der Waals surface area contributed by atoms with Crippen LogP contribution < -0.4 is 0 Å².